The van der Waals surface area contributed by atoms with Crippen LogP contribution in [0.2, 0.25) is 0 Å². The summed E-state index contributed by atoms with van der Waals surface area (Å²) in [6.45, 7) is 2.38. The first-order valence-electron chi connectivity index (χ1n) is 24.0. The van der Waals surface area contributed by atoms with E-state index < -0.39 is 67.8 Å². The van der Waals surface area contributed by atoms with Crippen LogP contribution in [0.25, 0.3) is 0 Å². The van der Waals surface area contributed by atoms with Crippen molar-refractivity contribution in [3.63, 3.8) is 0 Å². The van der Waals surface area contributed by atoms with E-state index in [0.717, 1.165) is 0 Å². The second-order valence-corrected chi connectivity index (χ2v) is 19.2. The van der Waals surface area contributed by atoms with Gasteiger partial charge in [0.2, 0.25) is 0 Å². The van der Waals surface area contributed by atoms with Crippen LogP contribution in [0.4, 0.5) is 171 Å². The molecule has 4 N–H and O–H groups in total. The molecule has 0 amide bonds. The van der Waals surface area contributed by atoms with Gasteiger partial charge in [-0.25, -0.2) is 35.1 Å². The number of benzene rings is 8. The van der Waals surface area contributed by atoms with Gasteiger partial charge in [0, 0.05) is 140 Å². The van der Waals surface area contributed by atoms with Crippen molar-refractivity contribution in [3.05, 3.63) is 275 Å². The molecule has 0 fully saturated rings. The molecule has 622 valence electrons. The van der Waals surface area contributed by atoms with Crippen molar-refractivity contribution >= 4 is 82.7 Å². The molecule has 0 aliphatic carbocycles. The minimum atomic E-state index is -1.83. The number of hydrogen-bond acceptors (Lipinski definition) is 4. The van der Waals surface area contributed by atoms with E-state index in [4.69, 9.17) is 130 Å². The monoisotopic (exact) mass is 2070 g/mol. The summed E-state index contributed by atoms with van der Waals surface area (Å²) in [6, 6.07) is 67.3. The zero-order valence-electron chi connectivity index (χ0n) is 56.4. The van der Waals surface area contributed by atoms with E-state index in [2.05, 4.69) is 87.3 Å². The molecular formula is C58H60B2Br4F38O4Zn3. The van der Waals surface area contributed by atoms with Gasteiger partial charge >= 0.3 is 47.7 Å². The molecule has 109 heavy (non-hydrogen) atoms. The maximum absolute atomic E-state index is 13.4. The van der Waals surface area contributed by atoms with Crippen LogP contribution in [0.15, 0.2) is 182 Å². The van der Waals surface area contributed by atoms with Crippen LogP contribution in [0.5, 0.6) is 0 Å². The van der Waals surface area contributed by atoms with Gasteiger partial charge in [0.1, 0.15) is 0 Å². The normalized spacial score (nSPS) is 7.12. The molecule has 8 aromatic rings. The third-order valence-corrected chi connectivity index (χ3v) is 10.0. The van der Waals surface area contributed by atoms with Gasteiger partial charge < -0.3 is 20.4 Å². The van der Waals surface area contributed by atoms with Crippen LogP contribution in [-0.2, 0) is 58.4 Å². The molecule has 0 aliphatic heterocycles. The van der Waals surface area contributed by atoms with Crippen LogP contribution in [0, 0.1) is 84.7 Å². The summed E-state index contributed by atoms with van der Waals surface area (Å²) in [5.74, 6) is -12.7. The molecule has 0 saturated heterocycles. The van der Waals surface area contributed by atoms with Crippen molar-refractivity contribution in [2.24, 2.45) is 0 Å². The average molecular weight is 2080 g/mol. The molecule has 0 unspecified atom stereocenters. The van der Waals surface area contributed by atoms with Gasteiger partial charge in [-0.2, -0.15) is 146 Å². The molecule has 0 radical (unpaired) electrons. The summed E-state index contributed by atoms with van der Waals surface area (Å²) in [7, 11) is 3.00. The summed E-state index contributed by atoms with van der Waals surface area (Å²) in [5, 5.41) is 34.3. The minimum absolute atomic E-state index is 0. The molecule has 51 heteroatoms. The fraction of sp³-hybridized carbons (Fsp3) is 0.172. The van der Waals surface area contributed by atoms with Crippen LogP contribution >= 0.6 is 63.0 Å². The number of alkyl halides is 6. The maximum atomic E-state index is 13.4. The molecule has 0 saturated carbocycles. The fourth-order valence-corrected chi connectivity index (χ4v) is 6.35. The third-order valence-electron chi connectivity index (χ3n) is 8.20. The smallest absolute Gasteiger partial charge is 0.364 e. The van der Waals surface area contributed by atoms with Crippen molar-refractivity contribution in [3.8, 4) is 0 Å². The average Bonchev–Trinajstić information content (AvgIpc) is 0.786. The molecule has 0 aromatic heterocycles. The zero-order chi connectivity index (χ0) is 88.4. The molecule has 0 aliphatic rings. The number of halogens is 42. The summed E-state index contributed by atoms with van der Waals surface area (Å²) in [6.07, 6.45) is -2.68. The Labute approximate surface area is 673 Å². The van der Waals surface area contributed by atoms with Crippen LogP contribution in [-0.4, -0.2) is 72.2 Å². The Hall–Kier alpha value is -5.14. The molecule has 4 nitrogen and oxygen atoms in total. The van der Waals surface area contributed by atoms with Gasteiger partial charge in [-0.3, -0.25) is 26.3 Å². The molecule has 0 bridgehead atoms. The maximum Gasteiger partial charge on any atom is 2.00 e. The van der Waals surface area contributed by atoms with E-state index in [1.165, 1.54) is 13.8 Å². The standard InChI is InChI=1S/C8H6F4.2C7H8O2.C6B2Br4F4.4C6H5.6CH3F.12F2.3Zn/c1-3-4(2)6(10)8(12)7(11)5(3)9;2*8-7(9)6-4-2-1-3-5-6;9-7(10)1-2(8(11)12)4(14)6(16)5(15)3(1)13;4*1-2-4-6-5-3-1;18*1-2;;;/h1-2H3;2*1-5,7-9H;;4*1-5H;6*1H3;;;;;;;;;;;;;;;/q;;;;4*-1;;;;;;;;;;;;;;;;;;;;2*+2. The van der Waals surface area contributed by atoms with E-state index >= 15 is 0 Å². The molecular weight excluding hydrogens is 2020 g/mol. The zero-order valence-corrected chi connectivity index (χ0v) is 71.7. The van der Waals surface area contributed by atoms with Crippen LogP contribution in [0.3, 0.4) is 0 Å². The topological polar surface area (TPSA) is 80.9 Å². The van der Waals surface area contributed by atoms with E-state index in [-0.39, 0.29) is 80.5 Å². The summed E-state index contributed by atoms with van der Waals surface area (Å²) >= 11 is 11.7. The Balaban J connectivity index is -0.0000000406. The van der Waals surface area contributed by atoms with E-state index in [1.54, 1.807) is 48.5 Å². The molecule has 0 heterocycles. The first-order chi connectivity index (χ1) is 51.4. The van der Waals surface area contributed by atoms with E-state index in [9.17, 15) is 61.5 Å². The summed E-state index contributed by atoms with van der Waals surface area (Å²) in [5.41, 5.74) is -0.0295. The van der Waals surface area contributed by atoms with Crippen LogP contribution in [0.1, 0.15) is 34.8 Å². The van der Waals surface area contributed by atoms with Gasteiger partial charge in [-0.15, -0.1) is 63.0 Å². The largest absolute Gasteiger partial charge is 2.00 e. The van der Waals surface area contributed by atoms with E-state index in [1.807, 2.05) is 133 Å². The molecule has 0 atom stereocenters. The van der Waals surface area contributed by atoms with Gasteiger partial charge in [0.15, 0.2) is 59.1 Å². The van der Waals surface area contributed by atoms with Crippen molar-refractivity contribution in [1.29, 1.82) is 0 Å². The van der Waals surface area contributed by atoms with Crippen molar-refractivity contribution in [2.45, 2.75) is 26.4 Å². The third kappa shape index (κ3) is 107. The second-order valence-electron chi connectivity index (χ2n) is 13.1. The predicted molar refractivity (Wildman–Crippen MR) is 346 cm³/mol. The van der Waals surface area contributed by atoms with E-state index in [0.29, 0.717) is 54.2 Å². The Morgan fingerprint density at radius 2 is 0.376 bits per heavy atom. The van der Waals surface area contributed by atoms with Gasteiger partial charge in [-0.05, 0) is 35.9 Å². The van der Waals surface area contributed by atoms with Gasteiger partial charge in [-0.1, -0.05) is 60.7 Å². The summed E-state index contributed by atoms with van der Waals surface area (Å²) < 4.78 is 350. The molecule has 8 aromatic carbocycles. The Kier molecular flexibility index (Phi) is 228. The first-order valence-corrected chi connectivity index (χ1v) is 27.7. The number of rotatable bonds is 4. The molecule has 0 spiro atoms. The molecule has 8 rings (SSSR count). The van der Waals surface area contributed by atoms with Gasteiger partial charge in [0.25, 0.3) is 0 Å². The van der Waals surface area contributed by atoms with Crippen molar-refractivity contribution in [2.75, 3.05) is 43.1 Å². The number of aliphatic hydroxyl groups is 4. The van der Waals surface area contributed by atoms with Crippen LogP contribution < -0.4 is 10.9 Å². The SMILES string of the molecule is CF.CF.CF.CF.CF.CF.Cc1c(C)c(F)c(F)c(F)c1F.FF.FF.FF.FF.FF.FF.FF.FF.FF.FF.FF.FF.Fc1c(F)c(F)c(B(Br)Br)c(B(Br)Br)c1F.OC(O)c1ccccc1.OC(O)c1ccccc1.[Zn+2].[Zn+2].[Zn].[c-]1ccccc1.[c-]1ccccc1.[c-]1ccccc1.[c-]1ccccc1. The van der Waals surface area contributed by atoms with Gasteiger partial charge in [0.05, 0.1) is 43.1 Å². The quantitative estimate of drug-likeness (QED) is 0.0353. The summed E-state index contributed by atoms with van der Waals surface area (Å²) in [4.78, 5) is 0. The van der Waals surface area contributed by atoms with Crippen molar-refractivity contribution in [1.82, 2.24) is 0 Å². The number of hydrogen-bond donors (Lipinski definition) is 4. The Morgan fingerprint density at radius 3 is 0.468 bits per heavy atom. The minimum Gasteiger partial charge on any atom is -0.364 e. The Morgan fingerprint density at radius 1 is 0.248 bits per heavy atom. The van der Waals surface area contributed by atoms with Crippen molar-refractivity contribution < 1.29 is 250 Å². The Bertz CT molecular complexity index is 2230. The predicted octanol–water partition coefficient (Wildman–Crippen LogP) is 27.0. The number of aliphatic hydroxyl groups excluding tert-OH is 2. The first kappa shape index (κ1) is 160. The second kappa shape index (κ2) is 155. The fourth-order valence-electron chi connectivity index (χ4n) is 4.56.